The predicted molar refractivity (Wildman–Crippen MR) is 81.2 cm³/mol. The zero-order valence-electron chi connectivity index (χ0n) is 10.7. The number of aliphatic hydroxyl groups is 1. The van der Waals surface area contributed by atoms with E-state index < -0.39 is 6.10 Å². The zero-order chi connectivity index (χ0) is 14.3. The normalized spacial score (nSPS) is 12.8. The van der Waals surface area contributed by atoms with E-state index in [1.165, 1.54) is 0 Å². The Morgan fingerprint density at radius 2 is 1.85 bits per heavy atom. The third-order valence-corrected chi connectivity index (χ3v) is 4.04. The van der Waals surface area contributed by atoms with Crippen molar-refractivity contribution in [2.24, 2.45) is 7.05 Å². The number of aryl methyl sites for hydroxylation is 1. The van der Waals surface area contributed by atoms with Crippen molar-refractivity contribution >= 4 is 34.1 Å². The molecule has 0 aliphatic rings. The number of rotatable bonds is 2. The van der Waals surface area contributed by atoms with E-state index in [1.54, 1.807) is 22.9 Å². The van der Waals surface area contributed by atoms with Crippen molar-refractivity contribution in [2.45, 2.75) is 6.10 Å². The molecule has 1 heterocycles. The summed E-state index contributed by atoms with van der Waals surface area (Å²) in [7, 11) is 1.85. The molecule has 3 nitrogen and oxygen atoms in total. The second-order valence-corrected chi connectivity index (χ2v) is 5.42. The van der Waals surface area contributed by atoms with E-state index in [0.717, 1.165) is 10.9 Å². The van der Waals surface area contributed by atoms with E-state index in [0.29, 0.717) is 21.3 Å². The van der Waals surface area contributed by atoms with Crippen LogP contribution in [-0.2, 0) is 7.05 Å². The highest BCUT2D eigenvalue weighted by atomic mass is 35.5. The van der Waals surface area contributed by atoms with Crippen molar-refractivity contribution < 1.29 is 5.11 Å². The van der Waals surface area contributed by atoms with E-state index >= 15 is 0 Å². The van der Waals surface area contributed by atoms with Crippen LogP contribution < -0.4 is 0 Å². The SMILES string of the molecule is Cn1nc(C(O)c2ccc(Cl)c(Cl)c2)c2ccccc21. The lowest BCUT2D eigenvalue weighted by Gasteiger charge is -2.10. The summed E-state index contributed by atoms with van der Waals surface area (Å²) in [5, 5.41) is 16.8. The summed E-state index contributed by atoms with van der Waals surface area (Å²) in [5.41, 5.74) is 2.26. The number of aliphatic hydroxyl groups excluding tert-OH is 1. The van der Waals surface area contributed by atoms with Crippen LogP contribution in [0.4, 0.5) is 0 Å². The molecule has 1 unspecified atom stereocenters. The van der Waals surface area contributed by atoms with Gasteiger partial charge in [0.15, 0.2) is 0 Å². The highest BCUT2D eigenvalue weighted by Crippen LogP contribution is 2.31. The molecule has 0 fully saturated rings. The van der Waals surface area contributed by atoms with Gasteiger partial charge in [0.25, 0.3) is 0 Å². The van der Waals surface area contributed by atoms with Crippen molar-refractivity contribution in [1.82, 2.24) is 9.78 Å². The van der Waals surface area contributed by atoms with Gasteiger partial charge in [-0.05, 0) is 23.8 Å². The Bertz CT molecular complexity index is 783. The van der Waals surface area contributed by atoms with E-state index in [-0.39, 0.29) is 0 Å². The topological polar surface area (TPSA) is 38.0 Å². The molecule has 20 heavy (non-hydrogen) atoms. The molecule has 0 saturated heterocycles. The maximum Gasteiger partial charge on any atom is 0.123 e. The first kappa shape index (κ1) is 13.4. The average molecular weight is 307 g/mol. The number of hydrogen-bond acceptors (Lipinski definition) is 2. The molecule has 3 rings (SSSR count). The van der Waals surface area contributed by atoms with E-state index in [2.05, 4.69) is 5.10 Å². The molecular formula is C15H12Cl2N2O. The van der Waals surface area contributed by atoms with Crippen LogP contribution in [0.15, 0.2) is 42.5 Å². The van der Waals surface area contributed by atoms with Crippen LogP contribution in [0, 0.1) is 0 Å². The molecule has 0 radical (unpaired) electrons. The van der Waals surface area contributed by atoms with E-state index in [1.807, 2.05) is 31.3 Å². The molecule has 0 amide bonds. The maximum atomic E-state index is 10.5. The molecule has 1 aromatic heterocycles. The first-order valence-corrected chi connectivity index (χ1v) is 6.88. The minimum Gasteiger partial charge on any atom is -0.382 e. The summed E-state index contributed by atoms with van der Waals surface area (Å²) in [6.45, 7) is 0. The molecule has 3 aromatic rings. The Kier molecular flexibility index (Phi) is 3.42. The van der Waals surface area contributed by atoms with Crippen molar-refractivity contribution in [3.05, 3.63) is 63.8 Å². The monoisotopic (exact) mass is 306 g/mol. The number of halogens is 2. The van der Waals surface area contributed by atoms with Crippen LogP contribution in [0.5, 0.6) is 0 Å². The molecule has 5 heteroatoms. The second-order valence-electron chi connectivity index (χ2n) is 4.60. The van der Waals surface area contributed by atoms with Gasteiger partial charge in [0.05, 0.1) is 15.6 Å². The number of fused-ring (bicyclic) bond motifs is 1. The van der Waals surface area contributed by atoms with Gasteiger partial charge in [-0.3, -0.25) is 4.68 Å². The fourth-order valence-corrected chi connectivity index (χ4v) is 2.59. The molecule has 1 atom stereocenters. The molecule has 0 bridgehead atoms. The predicted octanol–water partition coefficient (Wildman–Crippen LogP) is 3.96. The number of nitrogens with zero attached hydrogens (tertiary/aromatic N) is 2. The smallest absolute Gasteiger partial charge is 0.123 e. The highest BCUT2D eigenvalue weighted by molar-refractivity contribution is 6.42. The van der Waals surface area contributed by atoms with Crippen molar-refractivity contribution in [2.75, 3.05) is 0 Å². The van der Waals surface area contributed by atoms with Crippen molar-refractivity contribution in [3.63, 3.8) is 0 Å². The Balaban J connectivity index is 2.12. The molecule has 1 N–H and O–H groups in total. The van der Waals surface area contributed by atoms with Crippen LogP contribution in [0.2, 0.25) is 10.0 Å². The second kappa shape index (κ2) is 5.09. The van der Waals surface area contributed by atoms with Crippen LogP contribution in [0.3, 0.4) is 0 Å². The van der Waals surface area contributed by atoms with Gasteiger partial charge >= 0.3 is 0 Å². The molecule has 0 aliphatic carbocycles. The van der Waals surface area contributed by atoms with Gasteiger partial charge in [-0.15, -0.1) is 0 Å². The van der Waals surface area contributed by atoms with Crippen LogP contribution in [-0.4, -0.2) is 14.9 Å². The minimum atomic E-state index is -0.837. The average Bonchev–Trinajstić information content (AvgIpc) is 2.79. The lowest BCUT2D eigenvalue weighted by atomic mass is 10.0. The standard InChI is InChI=1S/C15H12Cl2N2O/c1-19-13-5-3-2-4-10(13)14(18-19)15(20)9-6-7-11(16)12(17)8-9/h2-8,15,20H,1H3. The number of benzene rings is 2. The van der Waals surface area contributed by atoms with E-state index in [4.69, 9.17) is 23.2 Å². The quantitative estimate of drug-likeness (QED) is 0.778. The molecule has 102 valence electrons. The van der Waals surface area contributed by atoms with Gasteiger partial charge in [0.2, 0.25) is 0 Å². The first-order valence-electron chi connectivity index (χ1n) is 6.12. The van der Waals surface area contributed by atoms with Crippen LogP contribution >= 0.6 is 23.2 Å². The zero-order valence-corrected chi connectivity index (χ0v) is 12.2. The lowest BCUT2D eigenvalue weighted by Crippen LogP contribution is -2.02. The number of hydrogen-bond donors (Lipinski definition) is 1. The van der Waals surface area contributed by atoms with Gasteiger partial charge in [-0.25, -0.2) is 0 Å². The number of aromatic nitrogens is 2. The highest BCUT2D eigenvalue weighted by Gasteiger charge is 2.18. The van der Waals surface area contributed by atoms with Crippen molar-refractivity contribution in [1.29, 1.82) is 0 Å². The van der Waals surface area contributed by atoms with Crippen LogP contribution in [0.25, 0.3) is 10.9 Å². The Morgan fingerprint density at radius 1 is 1.10 bits per heavy atom. The van der Waals surface area contributed by atoms with Gasteiger partial charge in [-0.1, -0.05) is 47.5 Å². The summed E-state index contributed by atoms with van der Waals surface area (Å²) < 4.78 is 1.76. The van der Waals surface area contributed by atoms with Gasteiger partial charge in [0.1, 0.15) is 11.8 Å². The third-order valence-electron chi connectivity index (χ3n) is 3.30. The summed E-state index contributed by atoms with van der Waals surface area (Å²) in [6, 6.07) is 12.9. The summed E-state index contributed by atoms with van der Waals surface area (Å²) >= 11 is 11.9. The van der Waals surface area contributed by atoms with Gasteiger partial charge in [0, 0.05) is 12.4 Å². The van der Waals surface area contributed by atoms with Crippen LogP contribution in [0.1, 0.15) is 17.4 Å². The molecule has 0 spiro atoms. The summed E-state index contributed by atoms with van der Waals surface area (Å²) in [4.78, 5) is 0. The lowest BCUT2D eigenvalue weighted by molar-refractivity contribution is 0.216. The third kappa shape index (κ3) is 2.18. The summed E-state index contributed by atoms with van der Waals surface area (Å²) in [6.07, 6.45) is -0.837. The Hall–Kier alpha value is -1.55. The largest absolute Gasteiger partial charge is 0.382 e. The Labute approximate surface area is 126 Å². The molecule has 0 saturated carbocycles. The summed E-state index contributed by atoms with van der Waals surface area (Å²) in [5.74, 6) is 0. The molecule has 0 aliphatic heterocycles. The fourth-order valence-electron chi connectivity index (χ4n) is 2.28. The molecular weight excluding hydrogens is 295 g/mol. The number of para-hydroxylation sites is 1. The fraction of sp³-hybridized carbons (Fsp3) is 0.133. The minimum absolute atomic E-state index is 0.420. The Morgan fingerprint density at radius 3 is 2.60 bits per heavy atom. The maximum absolute atomic E-state index is 10.5. The first-order chi connectivity index (χ1) is 9.58. The van der Waals surface area contributed by atoms with E-state index in [9.17, 15) is 5.11 Å². The van der Waals surface area contributed by atoms with Gasteiger partial charge in [-0.2, -0.15) is 5.10 Å². The van der Waals surface area contributed by atoms with Gasteiger partial charge < -0.3 is 5.11 Å². The van der Waals surface area contributed by atoms with Crippen molar-refractivity contribution in [3.8, 4) is 0 Å². The molecule has 2 aromatic carbocycles.